The minimum Gasteiger partial charge on any atom is -0.334 e. The average molecular weight is 393 g/mol. The minimum absolute atomic E-state index is 0.220. The highest BCUT2D eigenvalue weighted by Gasteiger charge is 2.39. The lowest BCUT2D eigenvalue weighted by Gasteiger charge is -2.29. The van der Waals surface area contributed by atoms with Crippen molar-refractivity contribution in [3.63, 3.8) is 0 Å². The zero-order valence-electron chi connectivity index (χ0n) is 15.5. The van der Waals surface area contributed by atoms with Gasteiger partial charge in [-0.25, -0.2) is 4.79 Å². The number of imide groups is 1. The molecule has 9 heteroatoms. The Morgan fingerprint density at radius 1 is 1.24 bits per heavy atom. The first-order valence-electron chi connectivity index (χ1n) is 9.22. The number of carbonyl (C=O) groups excluding carboxylic acids is 4. The summed E-state index contributed by atoms with van der Waals surface area (Å²) in [6.07, 6.45) is 3.70. The molecule has 2 aliphatic rings. The Balaban J connectivity index is 1.39. The molecule has 2 aromatic rings. The number of anilines is 1. The molecule has 4 rings (SSSR count). The fourth-order valence-electron chi connectivity index (χ4n) is 3.51. The molecule has 2 aliphatic heterocycles. The highest BCUT2D eigenvalue weighted by Crippen LogP contribution is 2.28. The van der Waals surface area contributed by atoms with Crippen LogP contribution in [-0.2, 0) is 22.7 Å². The maximum Gasteiger partial charge on any atom is 0.319 e. The van der Waals surface area contributed by atoms with Gasteiger partial charge in [-0.05, 0) is 35.7 Å². The van der Waals surface area contributed by atoms with Crippen molar-refractivity contribution in [2.45, 2.75) is 32.0 Å². The first-order chi connectivity index (χ1) is 14.0. The van der Waals surface area contributed by atoms with Gasteiger partial charge < -0.3 is 15.5 Å². The number of carbonyl (C=O) groups is 4. The van der Waals surface area contributed by atoms with E-state index in [1.807, 2.05) is 12.1 Å². The molecule has 9 nitrogen and oxygen atoms in total. The van der Waals surface area contributed by atoms with Gasteiger partial charge in [-0.1, -0.05) is 12.1 Å². The van der Waals surface area contributed by atoms with Gasteiger partial charge in [0.05, 0.1) is 11.9 Å². The van der Waals surface area contributed by atoms with Crippen molar-refractivity contribution in [3.05, 3.63) is 59.4 Å². The van der Waals surface area contributed by atoms with Crippen molar-refractivity contribution in [2.24, 2.45) is 0 Å². The van der Waals surface area contributed by atoms with Gasteiger partial charge in [0, 0.05) is 31.3 Å². The summed E-state index contributed by atoms with van der Waals surface area (Å²) >= 11 is 0. The average Bonchev–Trinajstić information content (AvgIpc) is 3.03. The molecule has 0 bridgehead atoms. The van der Waals surface area contributed by atoms with Crippen LogP contribution in [-0.4, -0.2) is 39.7 Å². The van der Waals surface area contributed by atoms with Crippen molar-refractivity contribution in [1.82, 2.24) is 20.5 Å². The summed E-state index contributed by atoms with van der Waals surface area (Å²) in [6.45, 7) is 0.570. The monoisotopic (exact) mass is 393 g/mol. The zero-order valence-corrected chi connectivity index (χ0v) is 15.5. The Labute approximate surface area is 166 Å². The first kappa shape index (κ1) is 18.6. The summed E-state index contributed by atoms with van der Waals surface area (Å²) in [7, 11) is 0. The Bertz CT molecular complexity index is 992. The molecule has 0 saturated carbocycles. The molecule has 5 amide bonds. The maximum atomic E-state index is 12.8. The van der Waals surface area contributed by atoms with Gasteiger partial charge in [-0.3, -0.25) is 24.7 Å². The van der Waals surface area contributed by atoms with Gasteiger partial charge in [0.1, 0.15) is 6.04 Å². The second-order valence-electron chi connectivity index (χ2n) is 6.94. The number of benzene rings is 1. The largest absolute Gasteiger partial charge is 0.334 e. The van der Waals surface area contributed by atoms with E-state index in [0.29, 0.717) is 24.2 Å². The fourth-order valence-corrected chi connectivity index (χ4v) is 3.51. The molecular weight excluding hydrogens is 374 g/mol. The van der Waals surface area contributed by atoms with E-state index in [4.69, 9.17) is 0 Å². The third kappa shape index (κ3) is 3.93. The molecule has 1 atom stereocenters. The molecule has 0 spiro atoms. The molecule has 3 N–H and O–H groups in total. The summed E-state index contributed by atoms with van der Waals surface area (Å²) in [5, 5.41) is 7.69. The minimum atomic E-state index is -0.639. The van der Waals surface area contributed by atoms with Crippen molar-refractivity contribution in [3.8, 4) is 0 Å². The molecule has 1 saturated heterocycles. The molecule has 1 fully saturated rings. The van der Waals surface area contributed by atoms with E-state index >= 15 is 0 Å². The topological polar surface area (TPSA) is 120 Å². The third-order valence-corrected chi connectivity index (χ3v) is 4.97. The molecule has 1 aromatic heterocycles. The van der Waals surface area contributed by atoms with Crippen molar-refractivity contribution < 1.29 is 19.2 Å². The SMILES string of the molecule is O=C1CCC(N2Cc3ccc(CNC(=O)Nc4cccnc4)cc3C2=O)C(=O)N1. The normalized spacial score (nSPS) is 18.3. The lowest BCUT2D eigenvalue weighted by molar-refractivity contribution is -0.136. The van der Waals surface area contributed by atoms with Crippen LogP contribution in [0, 0.1) is 0 Å². The van der Waals surface area contributed by atoms with Gasteiger partial charge in [0.2, 0.25) is 11.8 Å². The summed E-state index contributed by atoms with van der Waals surface area (Å²) in [5.74, 6) is -0.985. The van der Waals surface area contributed by atoms with Gasteiger partial charge in [0.15, 0.2) is 0 Å². The second kappa shape index (κ2) is 7.70. The van der Waals surface area contributed by atoms with Crippen molar-refractivity contribution in [2.75, 3.05) is 5.32 Å². The number of amides is 5. The summed E-state index contributed by atoms with van der Waals surface area (Å²) in [4.78, 5) is 53.7. The van der Waals surface area contributed by atoms with E-state index in [9.17, 15) is 19.2 Å². The number of aromatic nitrogens is 1. The van der Waals surface area contributed by atoms with E-state index in [2.05, 4.69) is 20.9 Å². The predicted octanol–water partition coefficient (Wildman–Crippen LogP) is 1.16. The standard InChI is InChI=1S/C20H19N5O4/c26-17-6-5-16(18(27)24-17)25-11-13-4-3-12(8-15(13)19(25)28)9-22-20(29)23-14-2-1-7-21-10-14/h1-4,7-8,10,16H,5-6,9,11H2,(H2,22,23,29)(H,24,26,27). The first-order valence-corrected chi connectivity index (χ1v) is 9.22. The van der Waals surface area contributed by atoms with E-state index in [1.54, 1.807) is 24.4 Å². The number of hydrogen-bond donors (Lipinski definition) is 3. The summed E-state index contributed by atoms with van der Waals surface area (Å²) < 4.78 is 0. The van der Waals surface area contributed by atoms with Crippen LogP contribution >= 0.6 is 0 Å². The lowest BCUT2D eigenvalue weighted by Crippen LogP contribution is -2.52. The van der Waals surface area contributed by atoms with Crippen LogP contribution in [0.3, 0.4) is 0 Å². The smallest absolute Gasteiger partial charge is 0.319 e. The molecule has 1 unspecified atom stereocenters. The Morgan fingerprint density at radius 3 is 2.86 bits per heavy atom. The molecule has 1 aromatic carbocycles. The predicted molar refractivity (Wildman–Crippen MR) is 103 cm³/mol. The highest BCUT2D eigenvalue weighted by molar-refractivity contribution is 6.05. The van der Waals surface area contributed by atoms with E-state index in [0.717, 1.165) is 11.1 Å². The molecule has 29 heavy (non-hydrogen) atoms. The van der Waals surface area contributed by atoms with Crippen LogP contribution in [0.4, 0.5) is 10.5 Å². The van der Waals surface area contributed by atoms with Gasteiger partial charge in [-0.2, -0.15) is 0 Å². The third-order valence-electron chi connectivity index (χ3n) is 4.97. The number of piperidine rings is 1. The second-order valence-corrected chi connectivity index (χ2v) is 6.94. The Kier molecular flexibility index (Phi) is 4.94. The molecule has 0 radical (unpaired) electrons. The number of hydrogen-bond acceptors (Lipinski definition) is 5. The van der Waals surface area contributed by atoms with Crippen molar-refractivity contribution >= 4 is 29.4 Å². The Hall–Kier alpha value is -3.75. The number of urea groups is 1. The number of rotatable bonds is 4. The van der Waals surface area contributed by atoms with Gasteiger partial charge >= 0.3 is 6.03 Å². The van der Waals surface area contributed by atoms with Gasteiger partial charge in [-0.15, -0.1) is 0 Å². The van der Waals surface area contributed by atoms with Crippen LogP contribution in [0.2, 0.25) is 0 Å². The van der Waals surface area contributed by atoms with Crippen LogP contribution in [0.1, 0.15) is 34.3 Å². The number of pyridine rings is 1. The zero-order chi connectivity index (χ0) is 20.4. The summed E-state index contributed by atoms with van der Waals surface area (Å²) in [5.41, 5.74) is 2.68. The molecule has 0 aliphatic carbocycles. The molecule has 148 valence electrons. The number of nitrogens with zero attached hydrogens (tertiary/aromatic N) is 2. The van der Waals surface area contributed by atoms with E-state index in [1.165, 1.54) is 11.1 Å². The van der Waals surface area contributed by atoms with E-state index < -0.39 is 11.9 Å². The molecule has 3 heterocycles. The maximum absolute atomic E-state index is 12.8. The van der Waals surface area contributed by atoms with E-state index in [-0.39, 0.29) is 30.8 Å². The lowest BCUT2D eigenvalue weighted by atomic mass is 10.0. The van der Waals surface area contributed by atoms with Crippen LogP contribution < -0.4 is 16.0 Å². The Morgan fingerprint density at radius 2 is 2.10 bits per heavy atom. The quantitative estimate of drug-likeness (QED) is 0.674. The molecular formula is C20H19N5O4. The van der Waals surface area contributed by atoms with Crippen LogP contribution in [0.25, 0.3) is 0 Å². The van der Waals surface area contributed by atoms with Gasteiger partial charge in [0.25, 0.3) is 5.91 Å². The number of nitrogens with one attached hydrogen (secondary N) is 3. The number of fused-ring (bicyclic) bond motifs is 1. The van der Waals surface area contributed by atoms with Crippen LogP contribution in [0.5, 0.6) is 0 Å². The van der Waals surface area contributed by atoms with Crippen molar-refractivity contribution in [1.29, 1.82) is 0 Å². The highest BCUT2D eigenvalue weighted by atomic mass is 16.2. The summed E-state index contributed by atoms with van der Waals surface area (Å²) in [6, 6.07) is 7.82. The fraction of sp³-hybridized carbons (Fsp3) is 0.250. The van der Waals surface area contributed by atoms with Crippen LogP contribution in [0.15, 0.2) is 42.7 Å².